The third kappa shape index (κ3) is 3.40. The van der Waals surface area contributed by atoms with Crippen LogP contribution in [0.15, 0.2) is 42.9 Å². The van der Waals surface area contributed by atoms with Gasteiger partial charge in [0, 0.05) is 6.20 Å². The molecule has 0 amide bonds. The Morgan fingerprint density at radius 3 is 2.57 bits per heavy atom. The molecule has 0 fully saturated rings. The summed E-state index contributed by atoms with van der Waals surface area (Å²) in [7, 11) is 0. The van der Waals surface area contributed by atoms with E-state index in [9.17, 15) is 0 Å². The van der Waals surface area contributed by atoms with Crippen LogP contribution in [0.5, 0.6) is 5.75 Å². The molecular weight excluding hydrogens is 262 g/mol. The summed E-state index contributed by atoms with van der Waals surface area (Å²) in [4.78, 5) is 11.6. The van der Waals surface area contributed by atoms with Crippen LogP contribution in [0, 0.1) is 0 Å². The molecule has 4 heteroatoms. The number of pyridine rings is 1. The molecule has 4 nitrogen and oxygen atoms in total. The maximum absolute atomic E-state index is 5.65. The molecule has 2 aromatic heterocycles. The molecule has 0 saturated carbocycles. The second-order valence-corrected chi connectivity index (χ2v) is 5.43. The second kappa shape index (κ2) is 5.95. The van der Waals surface area contributed by atoms with Gasteiger partial charge < -0.3 is 9.72 Å². The van der Waals surface area contributed by atoms with Crippen LogP contribution in [0.1, 0.15) is 25.0 Å². The summed E-state index contributed by atoms with van der Waals surface area (Å²) in [5, 5.41) is 0. The highest BCUT2D eigenvalue weighted by Crippen LogP contribution is 2.16. The number of rotatable bonds is 5. The lowest BCUT2D eigenvalue weighted by molar-refractivity contribution is 0.242. The number of aromatic nitrogens is 3. The van der Waals surface area contributed by atoms with Crippen LogP contribution in [0.3, 0.4) is 0 Å². The van der Waals surface area contributed by atoms with Gasteiger partial charge in [0.15, 0.2) is 5.65 Å². The van der Waals surface area contributed by atoms with Crippen molar-refractivity contribution in [3.05, 3.63) is 54.0 Å². The van der Waals surface area contributed by atoms with E-state index in [-0.39, 0.29) is 6.10 Å². The number of nitrogens with one attached hydrogen (secondary N) is 1. The largest absolute Gasteiger partial charge is 0.491 e. The Labute approximate surface area is 124 Å². The van der Waals surface area contributed by atoms with Gasteiger partial charge in [0.1, 0.15) is 5.75 Å². The molecule has 3 aromatic rings. The molecule has 108 valence electrons. The molecule has 0 aliphatic carbocycles. The molecule has 0 radical (unpaired) electrons. The maximum Gasteiger partial charge on any atom is 0.177 e. The summed E-state index contributed by atoms with van der Waals surface area (Å²) in [5.41, 5.74) is 4.28. The van der Waals surface area contributed by atoms with Gasteiger partial charge in [-0.15, -0.1) is 0 Å². The zero-order valence-corrected chi connectivity index (χ0v) is 12.3. The molecule has 0 atom stereocenters. The van der Waals surface area contributed by atoms with Crippen LogP contribution < -0.4 is 4.74 Å². The topological polar surface area (TPSA) is 50.8 Å². The van der Waals surface area contributed by atoms with Crippen molar-refractivity contribution >= 4 is 11.2 Å². The Bertz CT molecular complexity index is 716. The number of ether oxygens (including phenoxy) is 1. The Kier molecular flexibility index (Phi) is 3.86. The molecule has 0 aliphatic rings. The van der Waals surface area contributed by atoms with Crippen LogP contribution >= 0.6 is 0 Å². The third-order valence-electron chi connectivity index (χ3n) is 3.33. The lowest BCUT2D eigenvalue weighted by Crippen LogP contribution is -2.05. The van der Waals surface area contributed by atoms with Gasteiger partial charge >= 0.3 is 0 Å². The minimum Gasteiger partial charge on any atom is -0.491 e. The van der Waals surface area contributed by atoms with Gasteiger partial charge in [0.2, 0.25) is 0 Å². The fourth-order valence-electron chi connectivity index (χ4n) is 2.31. The first-order chi connectivity index (χ1) is 10.2. The van der Waals surface area contributed by atoms with Crippen molar-refractivity contribution in [3.8, 4) is 5.75 Å². The first-order valence-electron chi connectivity index (χ1n) is 7.24. The molecule has 0 aliphatic heterocycles. The van der Waals surface area contributed by atoms with Crippen LogP contribution in [-0.2, 0) is 12.8 Å². The van der Waals surface area contributed by atoms with E-state index in [4.69, 9.17) is 4.74 Å². The smallest absolute Gasteiger partial charge is 0.177 e. The van der Waals surface area contributed by atoms with Crippen molar-refractivity contribution in [1.29, 1.82) is 0 Å². The van der Waals surface area contributed by atoms with Gasteiger partial charge in [-0.25, -0.2) is 9.97 Å². The highest BCUT2D eigenvalue weighted by Gasteiger charge is 2.02. The monoisotopic (exact) mass is 281 g/mol. The molecule has 1 aromatic carbocycles. The number of nitrogens with zero attached hydrogens (tertiary/aromatic N) is 2. The Hall–Kier alpha value is -2.36. The molecule has 3 rings (SSSR count). The summed E-state index contributed by atoms with van der Waals surface area (Å²) in [6.45, 7) is 4.07. The molecule has 1 N–H and O–H groups in total. The summed E-state index contributed by atoms with van der Waals surface area (Å²) in [6.07, 6.45) is 5.74. The SMILES string of the molecule is CC(C)Oc1ccc(CCc2cnc3nc[nH]c3c2)cc1. The first-order valence-corrected chi connectivity index (χ1v) is 7.24. The van der Waals surface area contributed by atoms with Crippen LogP contribution in [0.25, 0.3) is 11.2 Å². The molecule has 0 spiro atoms. The standard InChI is InChI=1S/C17H19N3O/c1-12(2)21-15-7-5-13(6-8-15)3-4-14-9-16-17(18-10-14)20-11-19-16/h5-12H,3-4H2,1-2H3,(H,18,19,20). The number of aromatic amines is 1. The van der Waals surface area contributed by atoms with Gasteiger partial charge in [-0.2, -0.15) is 0 Å². The Morgan fingerprint density at radius 1 is 1.05 bits per heavy atom. The number of benzene rings is 1. The van der Waals surface area contributed by atoms with Crippen LogP contribution in [0.2, 0.25) is 0 Å². The van der Waals surface area contributed by atoms with Crippen molar-refractivity contribution in [2.75, 3.05) is 0 Å². The normalized spacial score (nSPS) is 11.2. The average molecular weight is 281 g/mol. The molecule has 0 saturated heterocycles. The van der Waals surface area contributed by atoms with Crippen LogP contribution in [-0.4, -0.2) is 21.1 Å². The van der Waals surface area contributed by atoms with E-state index >= 15 is 0 Å². The first kappa shape index (κ1) is 13.6. The zero-order valence-electron chi connectivity index (χ0n) is 12.3. The predicted octanol–water partition coefficient (Wildman–Crippen LogP) is 3.53. The van der Waals surface area contributed by atoms with Gasteiger partial charge in [-0.3, -0.25) is 0 Å². The van der Waals surface area contributed by atoms with Gasteiger partial charge in [0.05, 0.1) is 17.9 Å². The van der Waals surface area contributed by atoms with Gasteiger partial charge in [-0.1, -0.05) is 12.1 Å². The van der Waals surface area contributed by atoms with Crippen LogP contribution in [0.4, 0.5) is 0 Å². The van der Waals surface area contributed by atoms with E-state index in [1.54, 1.807) is 6.33 Å². The lowest BCUT2D eigenvalue weighted by atomic mass is 10.1. The van der Waals surface area contributed by atoms with Crippen molar-refractivity contribution in [2.24, 2.45) is 0 Å². The highest BCUT2D eigenvalue weighted by atomic mass is 16.5. The summed E-state index contributed by atoms with van der Waals surface area (Å²) in [5.74, 6) is 0.925. The van der Waals surface area contributed by atoms with E-state index in [0.717, 1.165) is 29.8 Å². The number of imidazole rings is 1. The zero-order chi connectivity index (χ0) is 14.7. The lowest BCUT2D eigenvalue weighted by Gasteiger charge is -2.10. The maximum atomic E-state index is 5.65. The van der Waals surface area contributed by atoms with E-state index in [2.05, 4.69) is 33.2 Å². The number of fused-ring (bicyclic) bond motifs is 1. The fraction of sp³-hybridized carbons (Fsp3) is 0.294. The number of hydrogen-bond donors (Lipinski definition) is 1. The molecule has 0 unspecified atom stereocenters. The Morgan fingerprint density at radius 2 is 1.81 bits per heavy atom. The summed E-state index contributed by atoms with van der Waals surface area (Å²) in [6, 6.07) is 10.4. The molecule has 21 heavy (non-hydrogen) atoms. The summed E-state index contributed by atoms with van der Waals surface area (Å²) < 4.78 is 5.65. The van der Waals surface area contributed by atoms with Crippen molar-refractivity contribution in [1.82, 2.24) is 15.0 Å². The number of aryl methyl sites for hydroxylation is 2. The predicted molar refractivity (Wildman–Crippen MR) is 83.5 cm³/mol. The quantitative estimate of drug-likeness (QED) is 0.778. The minimum atomic E-state index is 0.211. The van der Waals surface area contributed by atoms with E-state index < -0.39 is 0 Å². The summed E-state index contributed by atoms with van der Waals surface area (Å²) >= 11 is 0. The fourth-order valence-corrected chi connectivity index (χ4v) is 2.31. The van der Waals surface area contributed by atoms with E-state index in [0.29, 0.717) is 0 Å². The van der Waals surface area contributed by atoms with Crippen molar-refractivity contribution < 1.29 is 4.74 Å². The number of hydrogen-bond acceptors (Lipinski definition) is 3. The number of H-pyrrole nitrogens is 1. The van der Waals surface area contributed by atoms with Gasteiger partial charge in [0.25, 0.3) is 0 Å². The minimum absolute atomic E-state index is 0.211. The second-order valence-electron chi connectivity index (χ2n) is 5.43. The Balaban J connectivity index is 1.63. The van der Waals surface area contributed by atoms with Crippen molar-refractivity contribution in [2.45, 2.75) is 32.8 Å². The molecule has 2 heterocycles. The van der Waals surface area contributed by atoms with E-state index in [1.165, 1.54) is 11.1 Å². The average Bonchev–Trinajstić information content (AvgIpc) is 2.93. The third-order valence-corrected chi connectivity index (χ3v) is 3.33. The van der Waals surface area contributed by atoms with Gasteiger partial charge in [-0.05, 0) is 56.0 Å². The van der Waals surface area contributed by atoms with Crippen molar-refractivity contribution in [3.63, 3.8) is 0 Å². The molecule has 0 bridgehead atoms. The molecular formula is C17H19N3O. The van der Waals surface area contributed by atoms with E-state index in [1.807, 2.05) is 32.2 Å². The highest BCUT2D eigenvalue weighted by molar-refractivity contribution is 5.70.